The molecule has 0 amide bonds. The van der Waals surface area contributed by atoms with Crippen molar-refractivity contribution in [1.29, 1.82) is 0 Å². The fraction of sp³-hybridized carbons (Fsp3) is 0.429. The number of fused-ring (bicyclic) bond motifs is 3. The zero-order chi connectivity index (χ0) is 27.1. The second-order valence-corrected chi connectivity index (χ2v) is 10.6. The van der Waals surface area contributed by atoms with Crippen molar-refractivity contribution >= 4 is 22.8 Å². The molecule has 1 N–H and O–H groups in total. The van der Waals surface area contributed by atoms with Gasteiger partial charge in [-0.05, 0) is 70.7 Å². The van der Waals surface area contributed by atoms with Crippen LogP contribution in [0.15, 0.2) is 36.7 Å². The first-order valence-electron chi connectivity index (χ1n) is 13.3. The Morgan fingerprint density at radius 2 is 1.87 bits per heavy atom. The van der Waals surface area contributed by atoms with Gasteiger partial charge in [-0.1, -0.05) is 6.07 Å². The molecule has 1 fully saturated rings. The highest BCUT2D eigenvalue weighted by Crippen LogP contribution is 2.32. The van der Waals surface area contributed by atoms with Crippen molar-refractivity contribution in [3.63, 3.8) is 0 Å². The van der Waals surface area contributed by atoms with E-state index >= 15 is 4.39 Å². The molecule has 204 valence electrons. The second-order valence-electron chi connectivity index (χ2n) is 10.6. The van der Waals surface area contributed by atoms with Gasteiger partial charge in [0.25, 0.3) is 0 Å². The van der Waals surface area contributed by atoms with Crippen LogP contribution in [0, 0.1) is 11.6 Å². The molecule has 2 aliphatic rings. The van der Waals surface area contributed by atoms with Gasteiger partial charge in [0.2, 0.25) is 5.95 Å². The topological polar surface area (TPSA) is 84.2 Å². The van der Waals surface area contributed by atoms with Gasteiger partial charge < -0.3 is 19.5 Å². The minimum absolute atomic E-state index is 0.00121. The van der Waals surface area contributed by atoms with Gasteiger partial charge in [0.05, 0.1) is 24.4 Å². The number of anilines is 2. The molecule has 9 nitrogen and oxygen atoms in total. The number of likely N-dealkylation sites (tertiary alicyclic amines) is 1. The number of aromatic nitrogens is 5. The number of rotatable bonds is 6. The van der Waals surface area contributed by atoms with E-state index in [1.54, 1.807) is 6.07 Å². The number of imidazole rings is 1. The minimum Gasteiger partial charge on any atom is -0.371 e. The van der Waals surface area contributed by atoms with E-state index < -0.39 is 11.6 Å². The zero-order valence-corrected chi connectivity index (χ0v) is 22.4. The highest BCUT2D eigenvalue weighted by atomic mass is 19.1. The molecule has 1 saturated heterocycles. The van der Waals surface area contributed by atoms with Crippen LogP contribution in [-0.4, -0.2) is 74.1 Å². The Labute approximate surface area is 225 Å². The standard InChI is InChI=1S/C28H32F2N8O/c1-17-15-39-16-25-34-27-21(29)10-19(11-23(27)38(17)25)26-22(30)13-32-28(35-26)33-24-5-4-18(12-31-24)14-37-8-6-20(7-9-37)36(2)3/h4-5,10-13,17,20H,6-9,14-16H2,1-3H3,(H,31,32,33,35). The van der Waals surface area contributed by atoms with Crippen LogP contribution in [0.25, 0.3) is 22.3 Å². The molecule has 1 unspecified atom stereocenters. The molecule has 2 aliphatic heterocycles. The molecule has 5 heterocycles. The van der Waals surface area contributed by atoms with E-state index in [-0.39, 0.29) is 23.2 Å². The fourth-order valence-electron chi connectivity index (χ4n) is 5.51. The smallest absolute Gasteiger partial charge is 0.229 e. The molecular weight excluding hydrogens is 502 g/mol. The van der Waals surface area contributed by atoms with Crippen molar-refractivity contribution < 1.29 is 13.5 Å². The summed E-state index contributed by atoms with van der Waals surface area (Å²) in [6.07, 6.45) is 5.25. The van der Waals surface area contributed by atoms with E-state index in [9.17, 15) is 4.39 Å². The normalized spacial score (nSPS) is 18.6. The summed E-state index contributed by atoms with van der Waals surface area (Å²) in [6.45, 7) is 5.77. The molecule has 11 heteroatoms. The van der Waals surface area contributed by atoms with E-state index in [2.05, 4.69) is 49.1 Å². The number of ether oxygens (including phenoxy) is 1. The number of benzene rings is 1. The minimum atomic E-state index is -0.643. The van der Waals surface area contributed by atoms with Crippen LogP contribution < -0.4 is 5.32 Å². The lowest BCUT2D eigenvalue weighted by Crippen LogP contribution is -2.41. The maximum atomic E-state index is 15.1. The van der Waals surface area contributed by atoms with E-state index in [1.165, 1.54) is 6.07 Å². The van der Waals surface area contributed by atoms with Crippen LogP contribution in [0.1, 0.15) is 37.2 Å². The van der Waals surface area contributed by atoms with Crippen LogP contribution in [0.4, 0.5) is 20.5 Å². The molecule has 0 radical (unpaired) electrons. The summed E-state index contributed by atoms with van der Waals surface area (Å²) in [5, 5.41) is 3.05. The van der Waals surface area contributed by atoms with Crippen LogP contribution in [-0.2, 0) is 17.9 Å². The third kappa shape index (κ3) is 5.21. The molecule has 39 heavy (non-hydrogen) atoms. The average molecular weight is 535 g/mol. The predicted molar refractivity (Wildman–Crippen MR) is 145 cm³/mol. The Morgan fingerprint density at radius 1 is 1.05 bits per heavy atom. The largest absolute Gasteiger partial charge is 0.371 e. The average Bonchev–Trinajstić information content (AvgIpc) is 3.32. The first kappa shape index (κ1) is 25.7. The molecule has 0 saturated carbocycles. The summed E-state index contributed by atoms with van der Waals surface area (Å²) in [4.78, 5) is 22.1. The summed E-state index contributed by atoms with van der Waals surface area (Å²) in [6, 6.07) is 7.50. The molecule has 4 aromatic rings. The van der Waals surface area contributed by atoms with Crippen molar-refractivity contribution in [2.24, 2.45) is 0 Å². The van der Waals surface area contributed by atoms with Gasteiger partial charge in [0, 0.05) is 24.3 Å². The molecule has 0 spiro atoms. The van der Waals surface area contributed by atoms with Gasteiger partial charge in [-0.15, -0.1) is 0 Å². The van der Waals surface area contributed by atoms with Crippen LogP contribution >= 0.6 is 0 Å². The predicted octanol–water partition coefficient (Wildman–Crippen LogP) is 4.53. The molecule has 1 aromatic carbocycles. The van der Waals surface area contributed by atoms with E-state index in [1.807, 2.05) is 29.8 Å². The number of nitrogens with zero attached hydrogens (tertiary/aromatic N) is 7. The lowest BCUT2D eigenvalue weighted by Gasteiger charge is -2.35. The van der Waals surface area contributed by atoms with Gasteiger partial charge >= 0.3 is 0 Å². The molecule has 1 atom stereocenters. The lowest BCUT2D eigenvalue weighted by molar-refractivity contribution is 0.0621. The first-order chi connectivity index (χ1) is 18.9. The number of pyridine rings is 1. The van der Waals surface area contributed by atoms with Crippen molar-refractivity contribution in [2.45, 2.75) is 45.0 Å². The van der Waals surface area contributed by atoms with Crippen LogP contribution in [0.3, 0.4) is 0 Å². The van der Waals surface area contributed by atoms with Gasteiger partial charge in [-0.2, -0.15) is 0 Å². The third-order valence-electron chi connectivity index (χ3n) is 7.63. The Morgan fingerprint density at radius 3 is 2.62 bits per heavy atom. The molecule has 0 bridgehead atoms. The Balaban J connectivity index is 1.19. The molecule has 6 rings (SSSR count). The Bertz CT molecular complexity index is 1480. The zero-order valence-electron chi connectivity index (χ0n) is 22.4. The summed E-state index contributed by atoms with van der Waals surface area (Å²) < 4.78 is 37.4. The summed E-state index contributed by atoms with van der Waals surface area (Å²) in [5.74, 6) is 0.193. The van der Waals surface area contributed by atoms with E-state index in [0.717, 1.165) is 44.2 Å². The summed E-state index contributed by atoms with van der Waals surface area (Å²) in [7, 11) is 4.28. The van der Waals surface area contributed by atoms with Crippen molar-refractivity contribution in [1.82, 2.24) is 34.3 Å². The quantitative estimate of drug-likeness (QED) is 0.387. The number of piperidine rings is 1. The number of hydrogen-bond donors (Lipinski definition) is 1. The van der Waals surface area contributed by atoms with Crippen LogP contribution in [0.2, 0.25) is 0 Å². The highest BCUT2D eigenvalue weighted by Gasteiger charge is 2.24. The summed E-state index contributed by atoms with van der Waals surface area (Å²) in [5.41, 5.74) is 2.26. The van der Waals surface area contributed by atoms with Crippen molar-refractivity contribution in [3.05, 3.63) is 59.7 Å². The maximum Gasteiger partial charge on any atom is 0.229 e. The van der Waals surface area contributed by atoms with Crippen molar-refractivity contribution in [3.8, 4) is 11.3 Å². The Kier molecular flexibility index (Phi) is 6.96. The highest BCUT2D eigenvalue weighted by molar-refractivity contribution is 5.83. The van der Waals surface area contributed by atoms with Crippen molar-refractivity contribution in [2.75, 3.05) is 39.1 Å². The first-order valence-corrected chi connectivity index (χ1v) is 13.3. The van der Waals surface area contributed by atoms with E-state index in [4.69, 9.17) is 4.74 Å². The van der Waals surface area contributed by atoms with Gasteiger partial charge in [0.1, 0.15) is 29.5 Å². The SMILES string of the molecule is CC1COCc2nc3c(F)cc(-c4nc(Nc5ccc(CN6CCC(N(C)C)CC6)cn5)ncc4F)cc3n21. The monoisotopic (exact) mass is 534 g/mol. The molecular formula is C28H32F2N8O. The Hall–Kier alpha value is -3.54. The number of halogens is 2. The van der Waals surface area contributed by atoms with Crippen LogP contribution in [0.5, 0.6) is 0 Å². The fourth-order valence-corrected chi connectivity index (χ4v) is 5.51. The summed E-state index contributed by atoms with van der Waals surface area (Å²) >= 11 is 0. The number of nitrogens with one attached hydrogen (secondary N) is 1. The second kappa shape index (κ2) is 10.6. The maximum absolute atomic E-state index is 15.1. The molecule has 3 aromatic heterocycles. The van der Waals surface area contributed by atoms with Gasteiger partial charge in [-0.25, -0.2) is 28.7 Å². The molecule has 0 aliphatic carbocycles. The van der Waals surface area contributed by atoms with Gasteiger partial charge in [-0.3, -0.25) is 4.90 Å². The lowest BCUT2D eigenvalue weighted by atomic mass is 10.0. The number of hydrogen-bond acceptors (Lipinski definition) is 8. The van der Waals surface area contributed by atoms with E-state index in [0.29, 0.717) is 42.0 Å². The van der Waals surface area contributed by atoms with Gasteiger partial charge in [0.15, 0.2) is 11.6 Å². The third-order valence-corrected chi connectivity index (χ3v) is 7.63.